The molecule has 3 aromatic carbocycles. The van der Waals surface area contributed by atoms with Gasteiger partial charge in [-0.1, -0.05) is 56.3 Å². The molecule has 1 aromatic heterocycles. The summed E-state index contributed by atoms with van der Waals surface area (Å²) in [5.74, 6) is -1.46. The van der Waals surface area contributed by atoms with Gasteiger partial charge in [-0.2, -0.15) is 13.2 Å². The summed E-state index contributed by atoms with van der Waals surface area (Å²) in [4.78, 5) is 0.0142. The molecule has 0 N–H and O–H groups in total. The van der Waals surface area contributed by atoms with E-state index < -0.39 is 27.6 Å². The largest absolute Gasteiger partial charge is 0.419 e. The molecular formula is C25H21F4NO2S2. The molecule has 4 aromatic rings. The minimum absolute atomic E-state index is 0.0142. The van der Waals surface area contributed by atoms with Crippen molar-refractivity contribution in [2.45, 2.75) is 37.4 Å². The van der Waals surface area contributed by atoms with Crippen LogP contribution in [0.25, 0.3) is 10.1 Å². The first kappa shape index (κ1) is 24.2. The first-order chi connectivity index (χ1) is 16.0. The molecule has 3 nitrogen and oxygen atoms in total. The van der Waals surface area contributed by atoms with Crippen molar-refractivity contribution in [1.82, 2.24) is 0 Å². The van der Waals surface area contributed by atoms with Crippen LogP contribution in [0.3, 0.4) is 0 Å². The Morgan fingerprint density at radius 3 is 2.24 bits per heavy atom. The third-order valence-corrected chi connectivity index (χ3v) is 8.50. The van der Waals surface area contributed by atoms with Gasteiger partial charge in [-0.05, 0) is 52.8 Å². The van der Waals surface area contributed by atoms with E-state index in [1.54, 1.807) is 18.2 Å². The van der Waals surface area contributed by atoms with Gasteiger partial charge in [0.05, 0.1) is 17.0 Å². The Bertz CT molecular complexity index is 1430. The lowest BCUT2D eigenvalue weighted by Gasteiger charge is -2.26. The number of benzene rings is 3. The Kier molecular flexibility index (Phi) is 6.44. The van der Waals surface area contributed by atoms with Crippen LogP contribution in [0.2, 0.25) is 0 Å². The van der Waals surface area contributed by atoms with E-state index in [-0.39, 0.29) is 22.9 Å². The number of hydrogen-bond donors (Lipinski definition) is 0. The number of sulfonamides is 1. The van der Waals surface area contributed by atoms with E-state index in [2.05, 4.69) is 0 Å². The molecule has 0 aliphatic carbocycles. The van der Waals surface area contributed by atoms with E-state index in [0.29, 0.717) is 11.1 Å². The SMILES string of the molecule is CC(C)c1c(N(Cc2ccc(F)c(C(F)(F)F)c2)S(=O)(=O)c2ccccc2)sc2ccccc12. The minimum Gasteiger partial charge on any atom is -0.252 e. The Hall–Kier alpha value is -2.91. The highest BCUT2D eigenvalue weighted by Crippen LogP contribution is 2.44. The second-order valence-corrected chi connectivity index (χ2v) is 11.0. The number of hydrogen-bond acceptors (Lipinski definition) is 3. The molecule has 0 saturated carbocycles. The van der Waals surface area contributed by atoms with Crippen molar-refractivity contribution in [2.24, 2.45) is 0 Å². The van der Waals surface area contributed by atoms with E-state index in [9.17, 15) is 26.0 Å². The minimum atomic E-state index is -4.90. The van der Waals surface area contributed by atoms with Crippen molar-refractivity contribution >= 4 is 36.4 Å². The van der Waals surface area contributed by atoms with E-state index in [1.807, 2.05) is 38.1 Å². The van der Waals surface area contributed by atoms with Crippen molar-refractivity contribution in [3.05, 3.63) is 95.3 Å². The molecule has 0 spiro atoms. The normalized spacial score (nSPS) is 12.4. The highest BCUT2D eigenvalue weighted by atomic mass is 32.2. The zero-order valence-electron chi connectivity index (χ0n) is 18.3. The number of thiophene rings is 1. The van der Waals surface area contributed by atoms with Gasteiger partial charge < -0.3 is 0 Å². The monoisotopic (exact) mass is 507 g/mol. The summed E-state index contributed by atoms with van der Waals surface area (Å²) in [5.41, 5.74) is -0.610. The van der Waals surface area contributed by atoms with Gasteiger partial charge in [-0.25, -0.2) is 12.8 Å². The van der Waals surface area contributed by atoms with Crippen molar-refractivity contribution in [3.8, 4) is 0 Å². The topological polar surface area (TPSA) is 37.4 Å². The smallest absolute Gasteiger partial charge is 0.252 e. The molecule has 9 heteroatoms. The van der Waals surface area contributed by atoms with Crippen LogP contribution < -0.4 is 4.31 Å². The second-order valence-electron chi connectivity index (χ2n) is 8.11. The van der Waals surface area contributed by atoms with Crippen LogP contribution >= 0.6 is 11.3 Å². The molecule has 34 heavy (non-hydrogen) atoms. The average Bonchev–Trinajstić information content (AvgIpc) is 3.17. The Labute approximate surface area is 199 Å². The number of nitrogens with zero attached hydrogens (tertiary/aromatic N) is 1. The fraction of sp³-hybridized carbons (Fsp3) is 0.200. The molecule has 0 fully saturated rings. The third kappa shape index (κ3) is 4.54. The summed E-state index contributed by atoms with van der Waals surface area (Å²) in [6.45, 7) is 3.49. The maximum atomic E-state index is 13.9. The van der Waals surface area contributed by atoms with Crippen LogP contribution in [-0.2, 0) is 22.7 Å². The van der Waals surface area contributed by atoms with Crippen molar-refractivity contribution in [3.63, 3.8) is 0 Å². The lowest BCUT2D eigenvalue weighted by molar-refractivity contribution is -0.140. The molecule has 0 saturated heterocycles. The number of rotatable bonds is 6. The quantitative estimate of drug-likeness (QED) is 0.252. The fourth-order valence-corrected chi connectivity index (χ4v) is 6.90. The molecule has 1 heterocycles. The second kappa shape index (κ2) is 9.03. The van der Waals surface area contributed by atoms with Crippen LogP contribution in [0.1, 0.15) is 36.5 Å². The summed E-state index contributed by atoms with van der Waals surface area (Å²) >= 11 is 1.26. The standard InChI is InChI=1S/C25H21F4NO2S2/c1-16(2)23-19-10-6-7-11-22(19)33-24(23)30(34(31,32)18-8-4-3-5-9-18)15-17-12-13-21(26)20(14-17)25(27,28)29/h3-14,16H,15H2,1-2H3. The lowest BCUT2D eigenvalue weighted by atomic mass is 10.0. The lowest BCUT2D eigenvalue weighted by Crippen LogP contribution is -2.31. The summed E-state index contributed by atoms with van der Waals surface area (Å²) < 4.78 is 83.4. The Balaban J connectivity index is 1.94. The first-order valence-electron chi connectivity index (χ1n) is 10.4. The summed E-state index contributed by atoms with van der Waals surface area (Å²) in [7, 11) is -4.15. The van der Waals surface area contributed by atoms with Crippen LogP contribution in [0.5, 0.6) is 0 Å². The third-order valence-electron chi connectivity index (χ3n) is 5.41. The molecule has 0 aliphatic rings. The van der Waals surface area contributed by atoms with Gasteiger partial charge in [0, 0.05) is 4.70 Å². The Morgan fingerprint density at radius 2 is 1.59 bits per heavy atom. The van der Waals surface area contributed by atoms with E-state index in [1.165, 1.54) is 29.5 Å². The molecule has 4 rings (SSSR count). The molecule has 0 aliphatic heterocycles. The Morgan fingerprint density at radius 1 is 0.941 bits per heavy atom. The van der Waals surface area contributed by atoms with Gasteiger partial charge in [0.1, 0.15) is 10.8 Å². The number of halogens is 4. The van der Waals surface area contributed by atoms with Crippen LogP contribution in [-0.4, -0.2) is 8.42 Å². The predicted molar refractivity (Wildman–Crippen MR) is 127 cm³/mol. The van der Waals surface area contributed by atoms with Gasteiger partial charge in [0.25, 0.3) is 10.0 Å². The number of fused-ring (bicyclic) bond motifs is 1. The van der Waals surface area contributed by atoms with Crippen LogP contribution in [0.15, 0.2) is 77.7 Å². The highest BCUT2D eigenvalue weighted by Gasteiger charge is 2.35. The van der Waals surface area contributed by atoms with Crippen molar-refractivity contribution < 1.29 is 26.0 Å². The molecule has 0 amide bonds. The zero-order valence-corrected chi connectivity index (χ0v) is 19.9. The van der Waals surface area contributed by atoms with Gasteiger partial charge in [-0.3, -0.25) is 4.31 Å². The average molecular weight is 508 g/mol. The predicted octanol–water partition coefficient (Wildman–Crippen LogP) is 7.58. The summed E-state index contributed by atoms with van der Waals surface area (Å²) in [6, 6.07) is 17.8. The van der Waals surface area contributed by atoms with E-state index in [0.717, 1.165) is 26.0 Å². The maximum Gasteiger partial charge on any atom is 0.419 e. The van der Waals surface area contributed by atoms with E-state index >= 15 is 0 Å². The highest BCUT2D eigenvalue weighted by molar-refractivity contribution is 7.93. The van der Waals surface area contributed by atoms with Gasteiger partial charge in [-0.15, -0.1) is 11.3 Å². The van der Waals surface area contributed by atoms with Gasteiger partial charge >= 0.3 is 6.18 Å². The fourth-order valence-electron chi connectivity index (χ4n) is 3.84. The molecule has 178 valence electrons. The van der Waals surface area contributed by atoms with Crippen molar-refractivity contribution in [1.29, 1.82) is 0 Å². The molecular weight excluding hydrogens is 486 g/mol. The maximum absolute atomic E-state index is 13.9. The molecule has 0 bridgehead atoms. The van der Waals surface area contributed by atoms with Crippen molar-refractivity contribution in [2.75, 3.05) is 4.31 Å². The summed E-state index contributed by atoms with van der Waals surface area (Å²) in [5, 5.41) is 1.32. The number of alkyl halides is 3. The molecule has 0 unspecified atom stereocenters. The van der Waals surface area contributed by atoms with Crippen LogP contribution in [0, 0.1) is 5.82 Å². The van der Waals surface area contributed by atoms with Gasteiger partial charge in [0.2, 0.25) is 0 Å². The molecule has 0 radical (unpaired) electrons. The zero-order chi connectivity index (χ0) is 24.7. The van der Waals surface area contributed by atoms with E-state index in [4.69, 9.17) is 0 Å². The number of anilines is 1. The van der Waals surface area contributed by atoms with Gasteiger partial charge in [0.15, 0.2) is 0 Å². The summed E-state index contributed by atoms with van der Waals surface area (Å²) in [6.07, 6.45) is -4.90. The van der Waals surface area contributed by atoms with Crippen LogP contribution in [0.4, 0.5) is 22.6 Å². The molecule has 0 atom stereocenters. The first-order valence-corrected chi connectivity index (χ1v) is 12.7.